The van der Waals surface area contributed by atoms with Gasteiger partial charge in [-0.1, -0.05) is 61.8 Å². The number of likely N-dealkylation sites (N-methyl/N-ethyl adjacent to an activating group) is 1. The molecule has 0 heterocycles. The molecule has 0 amide bonds. The summed E-state index contributed by atoms with van der Waals surface area (Å²) in [5.41, 5.74) is 2.35. The van der Waals surface area contributed by atoms with Crippen molar-refractivity contribution in [3.8, 4) is 0 Å². The first kappa shape index (κ1) is 16.0. The maximum atomic E-state index is 13.3. The Morgan fingerprint density at radius 1 is 1.14 bits per heavy atom. The van der Waals surface area contributed by atoms with Crippen LogP contribution >= 0.6 is 11.6 Å². The lowest BCUT2D eigenvalue weighted by molar-refractivity contribution is 0.458. The van der Waals surface area contributed by atoms with Gasteiger partial charge in [0.15, 0.2) is 0 Å². The van der Waals surface area contributed by atoms with Gasteiger partial charge in [0.25, 0.3) is 0 Å². The molecule has 3 heteroatoms. The topological polar surface area (TPSA) is 12.0 Å². The summed E-state index contributed by atoms with van der Waals surface area (Å²) in [5, 5.41) is 3.72. The van der Waals surface area contributed by atoms with E-state index in [2.05, 4.69) is 43.4 Å². The molecule has 2 unspecified atom stereocenters. The third-order valence-electron chi connectivity index (χ3n) is 3.83. The summed E-state index contributed by atoms with van der Waals surface area (Å²) in [6.07, 6.45) is 0.823. The zero-order valence-corrected chi connectivity index (χ0v) is 13.2. The molecule has 2 rings (SSSR count). The van der Waals surface area contributed by atoms with Gasteiger partial charge in [-0.25, -0.2) is 4.39 Å². The van der Waals surface area contributed by atoms with Gasteiger partial charge in [-0.05, 0) is 42.1 Å². The quantitative estimate of drug-likeness (QED) is 0.808. The first-order valence-electron chi connectivity index (χ1n) is 7.34. The van der Waals surface area contributed by atoms with Crippen molar-refractivity contribution in [3.05, 3.63) is 70.5 Å². The summed E-state index contributed by atoms with van der Waals surface area (Å²) in [5.74, 6) is 0.00602. The lowest BCUT2D eigenvalue weighted by atomic mass is 9.89. The van der Waals surface area contributed by atoms with Crippen LogP contribution in [0.1, 0.15) is 30.9 Å². The van der Waals surface area contributed by atoms with Crippen LogP contribution in [-0.2, 0) is 6.42 Å². The molecule has 0 saturated heterocycles. The Balaban J connectivity index is 2.16. The molecule has 0 aliphatic heterocycles. The van der Waals surface area contributed by atoms with Crippen LogP contribution in [0, 0.1) is 5.82 Å². The van der Waals surface area contributed by atoms with Crippen molar-refractivity contribution in [2.45, 2.75) is 32.2 Å². The van der Waals surface area contributed by atoms with E-state index in [1.807, 2.05) is 12.1 Å². The van der Waals surface area contributed by atoms with E-state index in [9.17, 15) is 4.39 Å². The van der Waals surface area contributed by atoms with Crippen molar-refractivity contribution in [1.29, 1.82) is 0 Å². The Morgan fingerprint density at radius 2 is 1.86 bits per heavy atom. The van der Waals surface area contributed by atoms with Crippen LogP contribution in [-0.4, -0.2) is 12.6 Å². The summed E-state index contributed by atoms with van der Waals surface area (Å²) in [4.78, 5) is 0. The highest BCUT2D eigenvalue weighted by atomic mass is 35.5. The normalized spacial score (nSPS) is 13.9. The molecular formula is C18H21ClFN. The lowest BCUT2D eigenvalue weighted by Gasteiger charge is -2.25. The first-order chi connectivity index (χ1) is 10.1. The van der Waals surface area contributed by atoms with E-state index >= 15 is 0 Å². The molecular weight excluding hydrogens is 285 g/mol. The maximum Gasteiger partial charge on any atom is 0.141 e. The molecule has 0 fully saturated rings. The fourth-order valence-corrected chi connectivity index (χ4v) is 2.80. The molecule has 0 aliphatic carbocycles. The van der Waals surface area contributed by atoms with E-state index < -0.39 is 0 Å². The summed E-state index contributed by atoms with van der Waals surface area (Å²) >= 11 is 5.88. The van der Waals surface area contributed by atoms with E-state index in [-0.39, 0.29) is 10.8 Å². The minimum absolute atomic E-state index is 0.190. The van der Waals surface area contributed by atoms with E-state index in [1.54, 1.807) is 6.07 Å². The van der Waals surface area contributed by atoms with Crippen molar-refractivity contribution < 1.29 is 4.39 Å². The minimum atomic E-state index is -0.364. The van der Waals surface area contributed by atoms with Crippen molar-refractivity contribution in [2.75, 3.05) is 6.54 Å². The number of halogens is 2. The van der Waals surface area contributed by atoms with Gasteiger partial charge in [0.1, 0.15) is 5.82 Å². The van der Waals surface area contributed by atoms with Gasteiger partial charge in [-0.3, -0.25) is 0 Å². The number of hydrogen-bond acceptors (Lipinski definition) is 1. The molecule has 0 bridgehead atoms. The second kappa shape index (κ2) is 7.58. The van der Waals surface area contributed by atoms with Crippen molar-refractivity contribution in [3.63, 3.8) is 0 Å². The summed E-state index contributed by atoms with van der Waals surface area (Å²) in [6.45, 7) is 5.22. The Morgan fingerprint density at radius 3 is 2.48 bits per heavy atom. The average Bonchev–Trinajstić information content (AvgIpc) is 2.50. The molecule has 1 nitrogen and oxygen atoms in total. The SMILES string of the molecule is CCNC(Cc1ccc(F)c(Cl)c1)C(C)c1ccccc1. The Hall–Kier alpha value is -1.38. The zero-order chi connectivity index (χ0) is 15.2. The highest BCUT2D eigenvalue weighted by molar-refractivity contribution is 6.30. The van der Waals surface area contributed by atoms with Crippen LogP contribution in [0.25, 0.3) is 0 Å². The molecule has 1 N–H and O–H groups in total. The maximum absolute atomic E-state index is 13.3. The van der Waals surface area contributed by atoms with E-state index in [0.29, 0.717) is 12.0 Å². The fourth-order valence-electron chi connectivity index (χ4n) is 2.60. The molecule has 112 valence electrons. The Kier molecular flexibility index (Phi) is 5.77. The van der Waals surface area contributed by atoms with Crippen LogP contribution in [0.15, 0.2) is 48.5 Å². The van der Waals surface area contributed by atoms with Gasteiger partial charge in [-0.15, -0.1) is 0 Å². The highest BCUT2D eigenvalue weighted by Gasteiger charge is 2.18. The van der Waals surface area contributed by atoms with E-state index in [4.69, 9.17) is 11.6 Å². The molecule has 2 aromatic rings. The third-order valence-corrected chi connectivity index (χ3v) is 4.12. The third kappa shape index (κ3) is 4.29. The average molecular weight is 306 g/mol. The smallest absolute Gasteiger partial charge is 0.141 e. The first-order valence-corrected chi connectivity index (χ1v) is 7.72. The number of nitrogens with one attached hydrogen (secondary N) is 1. The van der Waals surface area contributed by atoms with Gasteiger partial charge in [-0.2, -0.15) is 0 Å². The standard InChI is InChI=1S/C18H21ClFN/c1-3-21-18(13(2)15-7-5-4-6-8-15)12-14-9-10-17(20)16(19)11-14/h4-11,13,18,21H,3,12H2,1-2H3. The molecule has 0 aromatic heterocycles. The van der Waals surface area contributed by atoms with Crippen LogP contribution < -0.4 is 5.32 Å². The summed E-state index contributed by atoms with van der Waals surface area (Å²) in [7, 11) is 0. The van der Waals surface area contributed by atoms with Crippen LogP contribution in [0.2, 0.25) is 5.02 Å². The van der Waals surface area contributed by atoms with Crippen LogP contribution in [0.5, 0.6) is 0 Å². The van der Waals surface area contributed by atoms with Gasteiger partial charge in [0.2, 0.25) is 0 Å². The second-order valence-electron chi connectivity index (χ2n) is 5.32. The molecule has 2 aromatic carbocycles. The summed E-state index contributed by atoms with van der Waals surface area (Å²) < 4.78 is 13.3. The fraction of sp³-hybridized carbons (Fsp3) is 0.333. The summed E-state index contributed by atoms with van der Waals surface area (Å²) in [6, 6.07) is 15.7. The molecule has 0 spiro atoms. The zero-order valence-electron chi connectivity index (χ0n) is 12.4. The van der Waals surface area contributed by atoms with E-state index in [1.165, 1.54) is 11.6 Å². The lowest BCUT2D eigenvalue weighted by Crippen LogP contribution is -2.35. The van der Waals surface area contributed by atoms with Crippen LogP contribution in [0.4, 0.5) is 4.39 Å². The highest BCUT2D eigenvalue weighted by Crippen LogP contribution is 2.23. The number of benzene rings is 2. The minimum Gasteiger partial charge on any atom is -0.313 e. The predicted octanol–water partition coefficient (Wildman–Crippen LogP) is 4.80. The van der Waals surface area contributed by atoms with Crippen molar-refractivity contribution in [1.82, 2.24) is 5.32 Å². The molecule has 21 heavy (non-hydrogen) atoms. The van der Waals surface area contributed by atoms with Gasteiger partial charge >= 0.3 is 0 Å². The molecule has 0 radical (unpaired) electrons. The molecule has 0 aliphatic rings. The number of rotatable bonds is 6. The van der Waals surface area contributed by atoms with Crippen LogP contribution in [0.3, 0.4) is 0 Å². The van der Waals surface area contributed by atoms with Gasteiger partial charge in [0, 0.05) is 6.04 Å². The Labute approximate surface area is 131 Å². The van der Waals surface area contributed by atoms with Gasteiger partial charge in [0.05, 0.1) is 5.02 Å². The van der Waals surface area contributed by atoms with Crippen molar-refractivity contribution >= 4 is 11.6 Å². The van der Waals surface area contributed by atoms with Crippen molar-refractivity contribution in [2.24, 2.45) is 0 Å². The predicted molar refractivity (Wildman–Crippen MR) is 87.4 cm³/mol. The van der Waals surface area contributed by atoms with Gasteiger partial charge < -0.3 is 5.32 Å². The second-order valence-corrected chi connectivity index (χ2v) is 5.72. The number of hydrogen-bond donors (Lipinski definition) is 1. The Bertz CT molecular complexity index is 571. The largest absolute Gasteiger partial charge is 0.313 e. The molecule has 0 saturated carbocycles. The van der Waals surface area contributed by atoms with E-state index in [0.717, 1.165) is 18.5 Å². The molecule has 2 atom stereocenters. The monoisotopic (exact) mass is 305 g/mol.